The van der Waals surface area contributed by atoms with Gasteiger partial charge in [-0.15, -0.1) is 11.3 Å². The van der Waals surface area contributed by atoms with Crippen LogP contribution in [0.25, 0.3) is 10.2 Å². The number of nitrogens with zero attached hydrogens (tertiary/aromatic N) is 5. The summed E-state index contributed by atoms with van der Waals surface area (Å²) in [6, 6.07) is 5.30. The molecule has 11 nitrogen and oxygen atoms in total. The number of thiazole rings is 1. The second kappa shape index (κ2) is 10.5. The lowest BCUT2D eigenvalue weighted by molar-refractivity contribution is -0.120. The molecule has 2 aromatic carbocycles. The van der Waals surface area contributed by atoms with Gasteiger partial charge in [0.15, 0.2) is 5.82 Å². The number of anilines is 2. The van der Waals surface area contributed by atoms with Crippen LogP contribution in [0.1, 0.15) is 11.3 Å². The van der Waals surface area contributed by atoms with Crippen LogP contribution < -0.4 is 19.2 Å². The first-order chi connectivity index (χ1) is 18.6. The molecule has 4 aromatic rings. The van der Waals surface area contributed by atoms with E-state index in [-0.39, 0.29) is 24.3 Å². The molecule has 0 bridgehead atoms. The van der Waals surface area contributed by atoms with Gasteiger partial charge in [-0.3, -0.25) is 9.78 Å². The van der Waals surface area contributed by atoms with Crippen molar-refractivity contribution in [2.75, 3.05) is 22.8 Å². The highest BCUT2D eigenvalue weighted by molar-refractivity contribution is 7.91. The molecule has 39 heavy (non-hydrogen) atoms. The molecule has 1 aliphatic heterocycles. The molecule has 2 aromatic heterocycles. The van der Waals surface area contributed by atoms with Gasteiger partial charge in [0.1, 0.15) is 17.7 Å². The number of fused-ring (bicyclic) bond motifs is 2. The third kappa shape index (κ3) is 5.63. The Hall–Kier alpha value is -4.24. The molecule has 0 aliphatic carbocycles. The van der Waals surface area contributed by atoms with E-state index in [1.54, 1.807) is 23.7 Å². The summed E-state index contributed by atoms with van der Waals surface area (Å²) in [5.74, 6) is -2.28. The lowest BCUT2D eigenvalue weighted by Gasteiger charge is -2.26. The minimum Gasteiger partial charge on any atom is -0.325 e. The van der Waals surface area contributed by atoms with Crippen LogP contribution in [0, 0.1) is 11.6 Å². The molecule has 3 heterocycles. The van der Waals surface area contributed by atoms with Crippen LogP contribution in [0.15, 0.2) is 54.3 Å². The summed E-state index contributed by atoms with van der Waals surface area (Å²) in [6.45, 7) is 0.0225. The van der Waals surface area contributed by atoms with Crippen LogP contribution in [0.5, 0.6) is 0 Å². The third-order valence-corrected chi connectivity index (χ3v) is 8.24. The summed E-state index contributed by atoms with van der Waals surface area (Å²) in [4.78, 5) is 40.0. The molecule has 1 aliphatic rings. The highest BCUT2D eigenvalue weighted by Crippen LogP contribution is 2.26. The summed E-state index contributed by atoms with van der Waals surface area (Å²) in [7, 11) is -2.94. The first kappa shape index (κ1) is 26.4. The number of urea groups is 1. The Balaban J connectivity index is 1.38. The van der Waals surface area contributed by atoms with Crippen molar-refractivity contribution in [3.63, 3.8) is 0 Å². The van der Waals surface area contributed by atoms with Crippen LogP contribution in [-0.2, 0) is 27.8 Å². The maximum atomic E-state index is 13.9. The van der Waals surface area contributed by atoms with Crippen molar-refractivity contribution in [1.82, 2.24) is 25.0 Å². The number of rotatable bonds is 7. The maximum Gasteiger partial charge on any atom is 0.330 e. The summed E-state index contributed by atoms with van der Waals surface area (Å²) in [5, 5.41) is 2.35. The van der Waals surface area contributed by atoms with Gasteiger partial charge in [-0.1, -0.05) is 0 Å². The van der Waals surface area contributed by atoms with Crippen molar-refractivity contribution in [2.45, 2.75) is 18.9 Å². The molecule has 0 spiro atoms. The average molecular weight is 574 g/mol. The molecule has 202 valence electrons. The zero-order valence-corrected chi connectivity index (χ0v) is 22.0. The molecule has 2 N–H and O–H groups in total. The van der Waals surface area contributed by atoms with Crippen molar-refractivity contribution < 1.29 is 26.8 Å². The summed E-state index contributed by atoms with van der Waals surface area (Å²) < 4.78 is 57.3. The minimum absolute atomic E-state index is 0.0225. The summed E-state index contributed by atoms with van der Waals surface area (Å²) in [5.41, 5.74) is 3.32. The molecular formula is C24H21F2N7O4S2. The fourth-order valence-corrected chi connectivity index (χ4v) is 6.01. The van der Waals surface area contributed by atoms with E-state index >= 15 is 0 Å². The molecule has 15 heteroatoms. The van der Waals surface area contributed by atoms with Gasteiger partial charge in [-0.2, -0.15) is 8.42 Å². The molecule has 3 amide bonds. The predicted molar refractivity (Wildman–Crippen MR) is 141 cm³/mol. The number of benzene rings is 2. The molecule has 1 unspecified atom stereocenters. The van der Waals surface area contributed by atoms with Crippen LogP contribution in [0.4, 0.5) is 25.1 Å². The Morgan fingerprint density at radius 3 is 2.62 bits per heavy atom. The highest BCUT2D eigenvalue weighted by Gasteiger charge is 2.34. The average Bonchev–Trinajstić information content (AvgIpc) is 3.53. The molecule has 0 saturated heterocycles. The molecule has 1 atom stereocenters. The number of hydrogen-bond donors (Lipinski definition) is 2. The Bertz CT molecular complexity index is 1660. The number of carbonyl (C=O) groups excluding carboxylic acids is 2. The fraction of sp³-hybridized carbons (Fsp3) is 0.208. The van der Waals surface area contributed by atoms with Gasteiger partial charge in [-0.25, -0.2) is 32.6 Å². The van der Waals surface area contributed by atoms with E-state index in [9.17, 15) is 26.8 Å². The van der Waals surface area contributed by atoms with Crippen molar-refractivity contribution in [2.24, 2.45) is 0 Å². The SMILES string of the molecule is CN(C(=O)C(Cc1cc(F)cc(F)c1)NC(=O)NS(=O)(=O)N1CCc2nccnc21)c1ccc2scnc2c1. The summed E-state index contributed by atoms with van der Waals surface area (Å²) >= 11 is 1.43. The van der Waals surface area contributed by atoms with E-state index in [2.05, 4.69) is 20.3 Å². The number of nitrogens with one attached hydrogen (secondary N) is 2. The van der Waals surface area contributed by atoms with E-state index < -0.39 is 39.8 Å². The molecule has 5 rings (SSSR count). The Morgan fingerprint density at radius 2 is 1.85 bits per heavy atom. The second-order valence-corrected chi connectivity index (χ2v) is 11.1. The summed E-state index contributed by atoms with van der Waals surface area (Å²) in [6.07, 6.45) is 2.76. The Labute approximate surface area is 225 Å². The second-order valence-electron chi connectivity index (χ2n) is 8.67. The molecule has 0 radical (unpaired) electrons. The zero-order chi connectivity index (χ0) is 27.7. The number of aromatic nitrogens is 3. The molecular weight excluding hydrogens is 552 g/mol. The predicted octanol–water partition coefficient (Wildman–Crippen LogP) is 2.55. The Kier molecular flexibility index (Phi) is 7.10. The van der Waals surface area contributed by atoms with Crippen LogP contribution in [0.2, 0.25) is 0 Å². The first-order valence-corrected chi connectivity index (χ1v) is 13.9. The van der Waals surface area contributed by atoms with Crippen LogP contribution >= 0.6 is 11.3 Å². The van der Waals surface area contributed by atoms with E-state index in [1.807, 2.05) is 4.72 Å². The van der Waals surface area contributed by atoms with E-state index in [4.69, 9.17) is 0 Å². The van der Waals surface area contributed by atoms with Crippen molar-refractivity contribution in [3.05, 3.63) is 77.2 Å². The van der Waals surface area contributed by atoms with Gasteiger partial charge < -0.3 is 10.2 Å². The highest BCUT2D eigenvalue weighted by atomic mass is 32.2. The number of likely N-dealkylation sites (N-methyl/N-ethyl adjacent to an activating group) is 1. The monoisotopic (exact) mass is 573 g/mol. The smallest absolute Gasteiger partial charge is 0.325 e. The van der Waals surface area contributed by atoms with Crippen molar-refractivity contribution >= 4 is 55.2 Å². The first-order valence-electron chi connectivity index (χ1n) is 11.6. The van der Waals surface area contributed by atoms with Crippen LogP contribution in [-0.4, -0.2) is 54.9 Å². The van der Waals surface area contributed by atoms with Crippen molar-refractivity contribution in [1.29, 1.82) is 0 Å². The zero-order valence-electron chi connectivity index (χ0n) is 20.3. The number of halogens is 2. The van der Waals surface area contributed by atoms with Gasteiger partial charge in [0.2, 0.25) is 5.91 Å². The van der Waals surface area contributed by atoms with Crippen LogP contribution in [0.3, 0.4) is 0 Å². The normalized spacial score (nSPS) is 13.7. The molecule has 0 saturated carbocycles. The van der Waals surface area contributed by atoms with Gasteiger partial charge in [-0.05, 0) is 35.9 Å². The fourth-order valence-electron chi connectivity index (χ4n) is 4.23. The minimum atomic E-state index is -4.40. The van der Waals surface area contributed by atoms with E-state index in [0.717, 1.165) is 21.1 Å². The lowest BCUT2D eigenvalue weighted by atomic mass is 10.0. The standard InChI is InChI=1S/C24H21F2N7O4S2/c1-32(17-2-3-21-19(12-17)29-13-38-21)23(34)20(10-14-8-15(25)11-16(26)9-14)30-24(35)31-39(36,37)33-7-4-18-22(33)28-6-5-27-18/h2-3,5-6,8-9,11-13,20H,4,7,10H2,1H3,(H2,30,31,35). The topological polar surface area (TPSA) is 137 Å². The van der Waals surface area contributed by atoms with Gasteiger partial charge in [0, 0.05) is 50.6 Å². The van der Waals surface area contributed by atoms with Crippen molar-refractivity contribution in [3.8, 4) is 0 Å². The molecule has 0 fully saturated rings. The largest absolute Gasteiger partial charge is 0.330 e. The maximum absolute atomic E-state index is 13.9. The number of carbonyl (C=O) groups is 2. The lowest BCUT2D eigenvalue weighted by Crippen LogP contribution is -2.54. The van der Waals surface area contributed by atoms with E-state index in [1.165, 1.54) is 35.7 Å². The quantitative estimate of drug-likeness (QED) is 0.347. The third-order valence-electron chi connectivity index (χ3n) is 6.05. The van der Waals surface area contributed by atoms with Gasteiger partial charge in [0.25, 0.3) is 0 Å². The van der Waals surface area contributed by atoms with E-state index in [0.29, 0.717) is 29.4 Å². The number of hydrogen-bond acceptors (Lipinski definition) is 8. The number of amides is 3. The van der Waals surface area contributed by atoms with Gasteiger partial charge >= 0.3 is 16.2 Å². The Morgan fingerprint density at radius 1 is 1.10 bits per heavy atom. The van der Waals surface area contributed by atoms with Gasteiger partial charge in [0.05, 0.1) is 21.4 Å².